The SMILES string of the molecule is Cc1onc(-c2ccccc2Cl)c1C(=O)N1CCC(Oc2ccncn2)CC1. The lowest BCUT2D eigenvalue weighted by molar-refractivity contribution is 0.0587. The fourth-order valence-electron chi connectivity index (χ4n) is 3.31. The molecule has 0 radical (unpaired) electrons. The van der Waals surface area contributed by atoms with E-state index in [9.17, 15) is 4.79 Å². The van der Waals surface area contributed by atoms with Crippen molar-refractivity contribution in [2.75, 3.05) is 13.1 Å². The molecule has 3 heterocycles. The van der Waals surface area contributed by atoms with Crippen molar-refractivity contribution in [1.29, 1.82) is 0 Å². The third-order valence-electron chi connectivity index (χ3n) is 4.78. The number of carbonyl (C=O) groups is 1. The standard InChI is InChI=1S/C20H19ClN4O3/c1-13-18(19(24-28-13)15-4-2-3-5-16(15)21)20(26)25-10-7-14(8-11-25)27-17-6-9-22-12-23-17/h2-6,9,12,14H,7-8,10-11H2,1H3. The Labute approximate surface area is 167 Å². The van der Waals surface area contributed by atoms with E-state index in [0.29, 0.717) is 46.6 Å². The van der Waals surface area contributed by atoms with Crippen LogP contribution in [0.25, 0.3) is 11.3 Å². The first-order valence-corrected chi connectivity index (χ1v) is 9.44. The van der Waals surface area contributed by atoms with Crippen LogP contribution in [-0.2, 0) is 0 Å². The van der Waals surface area contributed by atoms with E-state index in [4.69, 9.17) is 20.9 Å². The fourth-order valence-corrected chi connectivity index (χ4v) is 3.54. The van der Waals surface area contributed by atoms with Crippen molar-refractivity contribution in [3.8, 4) is 17.1 Å². The van der Waals surface area contributed by atoms with Crippen LogP contribution >= 0.6 is 11.6 Å². The first kappa shape index (κ1) is 18.4. The molecule has 1 aliphatic rings. The molecule has 28 heavy (non-hydrogen) atoms. The van der Waals surface area contributed by atoms with Crippen LogP contribution < -0.4 is 4.74 Å². The number of piperidine rings is 1. The summed E-state index contributed by atoms with van der Waals surface area (Å²) in [6.45, 7) is 2.91. The highest BCUT2D eigenvalue weighted by molar-refractivity contribution is 6.33. The van der Waals surface area contributed by atoms with Crippen LogP contribution in [0.2, 0.25) is 5.02 Å². The molecule has 1 aliphatic heterocycles. The number of halogens is 1. The van der Waals surface area contributed by atoms with Gasteiger partial charge in [-0.25, -0.2) is 9.97 Å². The molecule has 8 heteroatoms. The van der Waals surface area contributed by atoms with Gasteiger partial charge in [0, 0.05) is 43.8 Å². The minimum Gasteiger partial charge on any atom is -0.474 e. The second-order valence-corrected chi connectivity index (χ2v) is 7.01. The van der Waals surface area contributed by atoms with Crippen molar-refractivity contribution >= 4 is 17.5 Å². The Hall–Kier alpha value is -2.93. The van der Waals surface area contributed by atoms with Crippen LogP contribution in [0.5, 0.6) is 5.88 Å². The van der Waals surface area contributed by atoms with Crippen LogP contribution in [0, 0.1) is 6.92 Å². The lowest BCUT2D eigenvalue weighted by Crippen LogP contribution is -2.42. The van der Waals surface area contributed by atoms with E-state index >= 15 is 0 Å². The normalized spacial score (nSPS) is 14.9. The Balaban J connectivity index is 1.48. The molecular formula is C20H19ClN4O3. The topological polar surface area (TPSA) is 81.4 Å². The summed E-state index contributed by atoms with van der Waals surface area (Å²) >= 11 is 6.29. The first-order chi connectivity index (χ1) is 13.6. The maximum Gasteiger partial charge on any atom is 0.259 e. The lowest BCUT2D eigenvalue weighted by atomic mass is 10.0. The van der Waals surface area contributed by atoms with Gasteiger partial charge in [-0.05, 0) is 13.0 Å². The van der Waals surface area contributed by atoms with Gasteiger partial charge in [0.15, 0.2) is 0 Å². The second kappa shape index (κ2) is 7.98. The monoisotopic (exact) mass is 398 g/mol. The molecule has 3 aromatic rings. The zero-order valence-corrected chi connectivity index (χ0v) is 16.1. The number of carbonyl (C=O) groups excluding carboxylic acids is 1. The van der Waals surface area contributed by atoms with E-state index in [1.54, 1.807) is 30.2 Å². The zero-order chi connectivity index (χ0) is 19.5. The van der Waals surface area contributed by atoms with Crippen molar-refractivity contribution in [1.82, 2.24) is 20.0 Å². The summed E-state index contributed by atoms with van der Waals surface area (Å²) in [4.78, 5) is 22.9. The second-order valence-electron chi connectivity index (χ2n) is 6.60. The van der Waals surface area contributed by atoms with Gasteiger partial charge >= 0.3 is 0 Å². The third-order valence-corrected chi connectivity index (χ3v) is 5.11. The van der Waals surface area contributed by atoms with Crippen LogP contribution in [0.3, 0.4) is 0 Å². The van der Waals surface area contributed by atoms with E-state index < -0.39 is 0 Å². The number of benzene rings is 1. The van der Waals surface area contributed by atoms with Gasteiger partial charge in [-0.1, -0.05) is 35.0 Å². The molecule has 0 spiro atoms. The molecular weight excluding hydrogens is 380 g/mol. The van der Waals surface area contributed by atoms with Crippen LogP contribution in [0.4, 0.5) is 0 Å². The van der Waals surface area contributed by atoms with E-state index in [2.05, 4.69) is 15.1 Å². The molecule has 0 bridgehead atoms. The molecule has 7 nitrogen and oxygen atoms in total. The van der Waals surface area contributed by atoms with Crippen LogP contribution in [0.1, 0.15) is 29.0 Å². The van der Waals surface area contributed by atoms with Crippen LogP contribution in [0.15, 0.2) is 47.4 Å². The number of amides is 1. The summed E-state index contributed by atoms with van der Waals surface area (Å²) in [6.07, 6.45) is 4.57. The largest absolute Gasteiger partial charge is 0.474 e. The molecule has 0 N–H and O–H groups in total. The van der Waals surface area contributed by atoms with E-state index in [1.807, 2.05) is 18.2 Å². The highest BCUT2D eigenvalue weighted by Gasteiger charge is 2.30. The van der Waals surface area contributed by atoms with Crippen molar-refractivity contribution in [3.05, 3.63) is 59.2 Å². The number of aromatic nitrogens is 3. The Morgan fingerprint density at radius 2 is 2.04 bits per heavy atom. The number of nitrogens with zero attached hydrogens (tertiary/aromatic N) is 4. The quantitative estimate of drug-likeness (QED) is 0.665. The smallest absolute Gasteiger partial charge is 0.259 e. The molecule has 1 saturated heterocycles. The van der Waals surface area contributed by atoms with E-state index in [1.165, 1.54) is 6.33 Å². The van der Waals surface area contributed by atoms with Crippen LogP contribution in [-0.4, -0.2) is 45.1 Å². The number of hydrogen-bond donors (Lipinski definition) is 0. The summed E-state index contributed by atoms with van der Waals surface area (Å²) < 4.78 is 11.2. The molecule has 0 atom stereocenters. The van der Waals surface area contributed by atoms with Crippen molar-refractivity contribution in [2.45, 2.75) is 25.9 Å². The van der Waals surface area contributed by atoms with Gasteiger partial charge in [0.25, 0.3) is 5.91 Å². The lowest BCUT2D eigenvalue weighted by Gasteiger charge is -2.31. The summed E-state index contributed by atoms with van der Waals surface area (Å²) in [5, 5.41) is 4.62. The van der Waals surface area contributed by atoms with Crippen molar-refractivity contribution in [3.63, 3.8) is 0 Å². The van der Waals surface area contributed by atoms with E-state index in [-0.39, 0.29) is 12.0 Å². The Bertz CT molecular complexity index is 969. The summed E-state index contributed by atoms with van der Waals surface area (Å²) in [5.74, 6) is 0.934. The zero-order valence-electron chi connectivity index (χ0n) is 15.3. The maximum atomic E-state index is 13.2. The molecule has 2 aromatic heterocycles. The maximum absolute atomic E-state index is 13.2. The molecule has 0 saturated carbocycles. The molecule has 0 aliphatic carbocycles. The highest BCUT2D eigenvalue weighted by atomic mass is 35.5. The van der Waals surface area contributed by atoms with Gasteiger partial charge in [0.2, 0.25) is 5.88 Å². The highest BCUT2D eigenvalue weighted by Crippen LogP contribution is 2.32. The molecule has 1 fully saturated rings. The fraction of sp³-hybridized carbons (Fsp3) is 0.300. The van der Waals surface area contributed by atoms with Gasteiger partial charge in [0.05, 0.1) is 5.02 Å². The minimum atomic E-state index is -0.103. The van der Waals surface area contributed by atoms with Crippen molar-refractivity contribution in [2.24, 2.45) is 0 Å². The number of ether oxygens (including phenoxy) is 1. The Morgan fingerprint density at radius 3 is 2.75 bits per heavy atom. The van der Waals surface area contributed by atoms with Gasteiger partial charge in [-0.3, -0.25) is 4.79 Å². The molecule has 1 amide bonds. The summed E-state index contributed by atoms with van der Waals surface area (Å²) in [5.41, 5.74) is 1.63. The summed E-state index contributed by atoms with van der Waals surface area (Å²) in [6, 6.07) is 9.02. The number of hydrogen-bond acceptors (Lipinski definition) is 6. The predicted molar refractivity (Wildman–Crippen MR) is 103 cm³/mol. The average Bonchev–Trinajstić information content (AvgIpc) is 3.10. The molecule has 4 rings (SSSR count). The van der Waals surface area contributed by atoms with Gasteiger partial charge in [-0.15, -0.1) is 0 Å². The summed E-state index contributed by atoms with van der Waals surface area (Å²) in [7, 11) is 0. The van der Waals surface area contributed by atoms with E-state index in [0.717, 1.165) is 12.8 Å². The number of aryl methyl sites for hydroxylation is 1. The first-order valence-electron chi connectivity index (χ1n) is 9.06. The Morgan fingerprint density at radius 1 is 1.25 bits per heavy atom. The van der Waals surface area contributed by atoms with Crippen molar-refractivity contribution < 1.29 is 14.1 Å². The van der Waals surface area contributed by atoms with Gasteiger partial charge in [-0.2, -0.15) is 0 Å². The molecule has 144 valence electrons. The van der Waals surface area contributed by atoms with Gasteiger partial charge in [0.1, 0.15) is 29.4 Å². The minimum absolute atomic E-state index is 0.0190. The molecule has 0 unspecified atom stereocenters. The predicted octanol–water partition coefficient (Wildman–Crippen LogP) is 3.78. The average molecular weight is 399 g/mol. The third kappa shape index (κ3) is 3.71. The molecule has 1 aromatic carbocycles. The van der Waals surface area contributed by atoms with Gasteiger partial charge < -0.3 is 14.2 Å². The number of likely N-dealkylation sites (tertiary alicyclic amines) is 1. The Kier molecular flexibility index (Phi) is 5.25. The number of rotatable bonds is 4.